The SMILES string of the molecule is C=CCN(C(=O)c1ccc(F)cc1)[C@@H](C)C(=O)c1c(C)c(C(=O)OCC)n(CC)c1C. The van der Waals surface area contributed by atoms with E-state index in [1.807, 2.05) is 6.92 Å². The first kappa shape index (κ1) is 24.1. The number of carbonyl (C=O) groups excluding carboxylic acids is 3. The first-order valence-corrected chi connectivity index (χ1v) is 10.3. The van der Waals surface area contributed by atoms with E-state index in [0.29, 0.717) is 29.1 Å². The zero-order valence-corrected chi connectivity index (χ0v) is 18.7. The molecule has 0 aliphatic carbocycles. The molecular weight excluding hydrogens is 399 g/mol. The first-order valence-electron chi connectivity index (χ1n) is 10.3. The van der Waals surface area contributed by atoms with Crippen LogP contribution in [0.5, 0.6) is 0 Å². The lowest BCUT2D eigenvalue weighted by Gasteiger charge is -2.27. The van der Waals surface area contributed by atoms with Crippen molar-refractivity contribution in [3.8, 4) is 0 Å². The van der Waals surface area contributed by atoms with Gasteiger partial charge in [-0.25, -0.2) is 9.18 Å². The highest BCUT2D eigenvalue weighted by Gasteiger charge is 2.32. The molecule has 0 unspecified atom stereocenters. The van der Waals surface area contributed by atoms with E-state index in [9.17, 15) is 18.8 Å². The fraction of sp³-hybridized carbons (Fsp3) is 0.375. The van der Waals surface area contributed by atoms with Gasteiger partial charge in [0, 0.05) is 29.9 Å². The quantitative estimate of drug-likeness (QED) is 0.338. The number of hydrogen-bond donors (Lipinski definition) is 0. The second-order valence-electron chi connectivity index (χ2n) is 7.19. The standard InChI is InChI=1S/C24H29FN2O4/c1-7-14-27(23(29)18-10-12-19(25)13-11-18)17(6)22(28)20-15(4)21(24(30)31-9-3)26(8-2)16(20)5/h7,10-13,17H,1,8-9,14H2,2-6H3/t17-/m0/s1. The second kappa shape index (κ2) is 10.2. The summed E-state index contributed by atoms with van der Waals surface area (Å²) in [5.41, 5.74) is 2.20. The van der Waals surface area contributed by atoms with Crippen LogP contribution in [-0.2, 0) is 11.3 Å². The Balaban J connectivity index is 2.48. The van der Waals surface area contributed by atoms with E-state index in [-0.39, 0.29) is 24.5 Å². The number of ether oxygens (including phenoxy) is 1. The van der Waals surface area contributed by atoms with Crippen molar-refractivity contribution in [1.29, 1.82) is 0 Å². The average molecular weight is 429 g/mol. The molecule has 1 atom stereocenters. The second-order valence-corrected chi connectivity index (χ2v) is 7.19. The number of benzene rings is 1. The van der Waals surface area contributed by atoms with Gasteiger partial charge in [0.15, 0.2) is 5.78 Å². The number of halogens is 1. The summed E-state index contributed by atoms with van der Waals surface area (Å²) in [6.45, 7) is 13.3. The van der Waals surface area contributed by atoms with Gasteiger partial charge in [0.25, 0.3) is 5.91 Å². The normalized spacial score (nSPS) is 11.7. The van der Waals surface area contributed by atoms with Crippen LogP contribution in [0.25, 0.3) is 0 Å². The van der Waals surface area contributed by atoms with Crippen molar-refractivity contribution in [2.75, 3.05) is 13.2 Å². The molecule has 0 saturated heterocycles. The molecule has 0 radical (unpaired) electrons. The smallest absolute Gasteiger partial charge is 0.355 e. The molecule has 0 bridgehead atoms. The van der Waals surface area contributed by atoms with E-state index >= 15 is 0 Å². The topological polar surface area (TPSA) is 68.6 Å². The third-order valence-electron chi connectivity index (χ3n) is 5.32. The van der Waals surface area contributed by atoms with Gasteiger partial charge >= 0.3 is 5.97 Å². The van der Waals surface area contributed by atoms with Crippen molar-refractivity contribution < 1.29 is 23.5 Å². The van der Waals surface area contributed by atoms with E-state index in [4.69, 9.17) is 4.74 Å². The Morgan fingerprint density at radius 2 is 1.81 bits per heavy atom. The molecule has 1 amide bonds. The van der Waals surface area contributed by atoms with E-state index in [1.54, 1.807) is 32.3 Å². The fourth-order valence-corrected chi connectivity index (χ4v) is 3.78. The van der Waals surface area contributed by atoms with Gasteiger partial charge in [-0.05, 0) is 64.4 Å². The summed E-state index contributed by atoms with van der Waals surface area (Å²) >= 11 is 0. The van der Waals surface area contributed by atoms with Gasteiger partial charge in [-0.2, -0.15) is 0 Å². The number of aromatic nitrogens is 1. The Bertz CT molecular complexity index is 992. The lowest BCUT2D eigenvalue weighted by Crippen LogP contribution is -2.43. The maximum Gasteiger partial charge on any atom is 0.355 e. The first-order chi connectivity index (χ1) is 14.7. The number of esters is 1. The number of rotatable bonds is 9. The van der Waals surface area contributed by atoms with Crippen molar-refractivity contribution in [3.63, 3.8) is 0 Å². The van der Waals surface area contributed by atoms with Crippen LogP contribution in [0.4, 0.5) is 4.39 Å². The van der Waals surface area contributed by atoms with Gasteiger partial charge in [-0.1, -0.05) is 6.08 Å². The summed E-state index contributed by atoms with van der Waals surface area (Å²) < 4.78 is 20.2. The van der Waals surface area contributed by atoms with E-state index in [1.165, 1.54) is 35.2 Å². The molecule has 0 aliphatic heterocycles. The molecule has 1 heterocycles. The number of amides is 1. The Hall–Kier alpha value is -3.22. The van der Waals surface area contributed by atoms with Gasteiger partial charge in [0.1, 0.15) is 11.5 Å². The Kier molecular flexibility index (Phi) is 7.91. The molecule has 0 saturated carbocycles. The van der Waals surface area contributed by atoms with Crippen LogP contribution in [0.3, 0.4) is 0 Å². The molecule has 31 heavy (non-hydrogen) atoms. The van der Waals surface area contributed by atoms with E-state index in [0.717, 1.165) is 0 Å². The Morgan fingerprint density at radius 1 is 1.19 bits per heavy atom. The monoisotopic (exact) mass is 428 g/mol. The third-order valence-corrected chi connectivity index (χ3v) is 5.32. The molecule has 1 aromatic heterocycles. The van der Waals surface area contributed by atoms with E-state index in [2.05, 4.69) is 6.58 Å². The fourth-order valence-electron chi connectivity index (χ4n) is 3.78. The predicted octanol–water partition coefficient (Wildman–Crippen LogP) is 4.34. The molecule has 0 spiro atoms. The van der Waals surface area contributed by atoms with Gasteiger partial charge in [-0.15, -0.1) is 6.58 Å². The highest BCUT2D eigenvalue weighted by molar-refractivity contribution is 6.07. The van der Waals surface area contributed by atoms with Crippen LogP contribution in [-0.4, -0.2) is 46.3 Å². The molecular formula is C24H29FN2O4. The van der Waals surface area contributed by atoms with Crippen molar-refractivity contribution in [1.82, 2.24) is 9.47 Å². The van der Waals surface area contributed by atoms with Crippen LogP contribution >= 0.6 is 0 Å². The third kappa shape index (κ3) is 4.76. The van der Waals surface area contributed by atoms with E-state index < -0.39 is 23.7 Å². The highest BCUT2D eigenvalue weighted by Crippen LogP contribution is 2.26. The minimum Gasteiger partial charge on any atom is -0.461 e. The summed E-state index contributed by atoms with van der Waals surface area (Å²) in [4.78, 5) is 40.4. The average Bonchev–Trinajstić information content (AvgIpc) is 3.00. The van der Waals surface area contributed by atoms with Gasteiger partial charge in [0.2, 0.25) is 0 Å². The van der Waals surface area contributed by atoms with Crippen molar-refractivity contribution in [2.45, 2.75) is 47.2 Å². The van der Waals surface area contributed by atoms with Crippen LogP contribution in [0.1, 0.15) is 63.2 Å². The van der Waals surface area contributed by atoms with Gasteiger partial charge < -0.3 is 14.2 Å². The lowest BCUT2D eigenvalue weighted by molar-refractivity contribution is 0.0512. The number of nitrogens with zero attached hydrogens (tertiary/aromatic N) is 2. The van der Waals surface area contributed by atoms with Gasteiger partial charge in [0.05, 0.1) is 12.6 Å². The Labute approximate surface area is 182 Å². The number of Topliss-reactive ketones (excluding diaryl/α,β-unsaturated/α-hetero) is 1. The maximum absolute atomic E-state index is 13.5. The summed E-state index contributed by atoms with van der Waals surface area (Å²) in [6.07, 6.45) is 1.53. The van der Waals surface area contributed by atoms with Crippen LogP contribution in [0, 0.1) is 19.7 Å². The zero-order valence-electron chi connectivity index (χ0n) is 18.7. The van der Waals surface area contributed by atoms with Crippen LogP contribution in [0.2, 0.25) is 0 Å². The molecule has 0 N–H and O–H groups in total. The summed E-state index contributed by atoms with van der Waals surface area (Å²) in [6, 6.07) is 4.35. The van der Waals surface area contributed by atoms with Crippen molar-refractivity contribution in [3.05, 3.63) is 70.8 Å². The molecule has 0 aliphatic rings. The number of hydrogen-bond acceptors (Lipinski definition) is 4. The minimum atomic E-state index is -0.823. The van der Waals surface area contributed by atoms with Crippen molar-refractivity contribution >= 4 is 17.7 Å². The lowest BCUT2D eigenvalue weighted by atomic mass is 9.99. The van der Waals surface area contributed by atoms with Crippen LogP contribution < -0.4 is 0 Å². The summed E-state index contributed by atoms with van der Waals surface area (Å²) in [5.74, 6) is -1.63. The molecule has 6 nitrogen and oxygen atoms in total. The summed E-state index contributed by atoms with van der Waals surface area (Å²) in [7, 11) is 0. The molecule has 2 aromatic rings. The van der Waals surface area contributed by atoms with Crippen molar-refractivity contribution in [2.24, 2.45) is 0 Å². The van der Waals surface area contributed by atoms with Gasteiger partial charge in [-0.3, -0.25) is 9.59 Å². The maximum atomic E-state index is 13.5. The largest absolute Gasteiger partial charge is 0.461 e. The molecule has 7 heteroatoms. The number of carbonyl (C=O) groups is 3. The number of ketones is 1. The zero-order chi connectivity index (χ0) is 23.3. The van der Waals surface area contributed by atoms with Crippen LogP contribution in [0.15, 0.2) is 36.9 Å². The highest BCUT2D eigenvalue weighted by atomic mass is 19.1. The minimum absolute atomic E-state index is 0.139. The summed E-state index contributed by atoms with van der Waals surface area (Å²) in [5, 5.41) is 0. The molecule has 2 rings (SSSR count). The molecule has 166 valence electrons. The molecule has 0 fully saturated rings. The molecule has 1 aromatic carbocycles. The Morgan fingerprint density at radius 3 is 2.32 bits per heavy atom. The predicted molar refractivity (Wildman–Crippen MR) is 117 cm³/mol.